The fourth-order valence-electron chi connectivity index (χ4n) is 3.16. The van der Waals surface area contributed by atoms with Crippen molar-refractivity contribution in [2.45, 2.75) is 38.3 Å². The van der Waals surface area contributed by atoms with Crippen LogP contribution >= 0.6 is 0 Å². The first-order valence-electron chi connectivity index (χ1n) is 8.99. The third-order valence-corrected chi connectivity index (χ3v) is 4.61. The highest BCUT2D eigenvalue weighted by molar-refractivity contribution is 5.76. The molecule has 0 aliphatic carbocycles. The molecule has 1 unspecified atom stereocenters. The molecule has 1 amide bonds. The monoisotopic (exact) mass is 338 g/mol. The van der Waals surface area contributed by atoms with Crippen LogP contribution in [-0.2, 0) is 11.3 Å². The number of hydrogen-bond acceptors (Lipinski definition) is 4. The summed E-state index contributed by atoms with van der Waals surface area (Å²) in [6.45, 7) is 2.63. The maximum absolute atomic E-state index is 12.2. The molecule has 132 valence electrons. The zero-order valence-corrected chi connectivity index (χ0v) is 14.5. The van der Waals surface area contributed by atoms with E-state index < -0.39 is 0 Å². The Bertz CT molecular complexity index is 683. The first kappa shape index (κ1) is 17.4. The Balaban J connectivity index is 1.52. The third kappa shape index (κ3) is 5.03. The average molecular weight is 338 g/mol. The van der Waals surface area contributed by atoms with E-state index in [0.717, 1.165) is 30.0 Å². The van der Waals surface area contributed by atoms with Gasteiger partial charge in [-0.05, 0) is 42.5 Å². The van der Waals surface area contributed by atoms with Crippen LogP contribution in [0.15, 0.2) is 48.7 Å². The highest BCUT2D eigenvalue weighted by Gasteiger charge is 2.13. The van der Waals surface area contributed by atoms with Crippen LogP contribution in [0.1, 0.15) is 42.9 Å². The van der Waals surface area contributed by atoms with E-state index in [4.69, 9.17) is 5.73 Å². The van der Waals surface area contributed by atoms with Crippen LogP contribution in [0.3, 0.4) is 0 Å². The molecular weight excluding hydrogens is 312 g/mol. The lowest BCUT2D eigenvalue weighted by Gasteiger charge is -2.27. The fourth-order valence-corrected chi connectivity index (χ4v) is 3.16. The van der Waals surface area contributed by atoms with Gasteiger partial charge in [-0.3, -0.25) is 4.79 Å². The molecule has 1 saturated heterocycles. The van der Waals surface area contributed by atoms with Gasteiger partial charge in [-0.15, -0.1) is 0 Å². The van der Waals surface area contributed by atoms with Crippen molar-refractivity contribution >= 4 is 11.7 Å². The summed E-state index contributed by atoms with van der Waals surface area (Å²) in [6.07, 6.45) is 5.85. The normalized spacial score (nSPS) is 15.6. The van der Waals surface area contributed by atoms with E-state index in [9.17, 15) is 4.79 Å². The molecule has 1 atom stereocenters. The minimum atomic E-state index is -0.275. The maximum atomic E-state index is 12.2. The molecule has 3 rings (SSSR count). The Labute approximate surface area is 149 Å². The van der Waals surface area contributed by atoms with Crippen LogP contribution in [-0.4, -0.2) is 24.0 Å². The van der Waals surface area contributed by atoms with Crippen molar-refractivity contribution in [2.75, 3.05) is 18.0 Å². The van der Waals surface area contributed by atoms with Crippen LogP contribution in [0.25, 0.3) is 0 Å². The van der Waals surface area contributed by atoms with Crippen LogP contribution in [0.4, 0.5) is 5.82 Å². The molecule has 2 aromatic rings. The first-order valence-corrected chi connectivity index (χ1v) is 8.99. The van der Waals surface area contributed by atoms with E-state index in [2.05, 4.69) is 21.3 Å². The molecule has 3 N–H and O–H groups in total. The van der Waals surface area contributed by atoms with Crippen molar-refractivity contribution in [3.8, 4) is 0 Å². The van der Waals surface area contributed by atoms with E-state index in [1.165, 1.54) is 19.3 Å². The number of amides is 1. The number of aromatic nitrogens is 1. The van der Waals surface area contributed by atoms with E-state index in [-0.39, 0.29) is 18.4 Å². The van der Waals surface area contributed by atoms with Gasteiger partial charge in [0.1, 0.15) is 5.82 Å². The predicted molar refractivity (Wildman–Crippen MR) is 100 cm³/mol. The number of carbonyl (C=O) groups excluding carboxylic acids is 1. The number of pyridine rings is 1. The van der Waals surface area contributed by atoms with Crippen LogP contribution < -0.4 is 16.0 Å². The SMILES string of the molecule is NC(CC(=O)NCc1ccnc(N2CCCCC2)c1)c1ccccc1. The molecule has 5 heteroatoms. The molecular formula is C20H26N4O. The minimum absolute atomic E-state index is 0.0345. The lowest BCUT2D eigenvalue weighted by Crippen LogP contribution is -2.30. The lowest BCUT2D eigenvalue weighted by atomic mass is 10.0. The Morgan fingerprint density at radius 3 is 2.68 bits per heavy atom. The molecule has 0 saturated carbocycles. The van der Waals surface area contributed by atoms with Gasteiger partial charge in [-0.2, -0.15) is 0 Å². The number of hydrogen-bond donors (Lipinski definition) is 2. The maximum Gasteiger partial charge on any atom is 0.222 e. The molecule has 0 spiro atoms. The van der Waals surface area contributed by atoms with E-state index >= 15 is 0 Å². The van der Waals surface area contributed by atoms with Gasteiger partial charge in [0.15, 0.2) is 0 Å². The summed E-state index contributed by atoms with van der Waals surface area (Å²) in [7, 11) is 0. The van der Waals surface area contributed by atoms with Crippen molar-refractivity contribution in [1.29, 1.82) is 0 Å². The second kappa shape index (κ2) is 8.62. The van der Waals surface area contributed by atoms with Gasteiger partial charge >= 0.3 is 0 Å². The van der Waals surface area contributed by atoms with Crippen molar-refractivity contribution in [3.05, 3.63) is 59.8 Å². The standard InChI is InChI=1S/C20H26N4O/c21-18(17-7-3-1-4-8-17)14-20(25)23-15-16-9-10-22-19(13-16)24-11-5-2-6-12-24/h1,3-4,7-10,13,18H,2,5-6,11-12,14-15,21H2,(H,23,25). The summed E-state index contributed by atoms with van der Waals surface area (Å²) in [5.41, 5.74) is 8.16. The Morgan fingerprint density at radius 1 is 1.16 bits per heavy atom. The summed E-state index contributed by atoms with van der Waals surface area (Å²) < 4.78 is 0. The summed E-state index contributed by atoms with van der Waals surface area (Å²) in [5, 5.41) is 2.96. The number of piperidine rings is 1. The van der Waals surface area contributed by atoms with Gasteiger partial charge in [0.2, 0.25) is 5.91 Å². The quantitative estimate of drug-likeness (QED) is 0.849. The van der Waals surface area contributed by atoms with E-state index in [1.807, 2.05) is 42.6 Å². The minimum Gasteiger partial charge on any atom is -0.357 e. The molecule has 25 heavy (non-hydrogen) atoms. The van der Waals surface area contributed by atoms with Gasteiger partial charge in [0.25, 0.3) is 0 Å². The zero-order valence-electron chi connectivity index (χ0n) is 14.5. The van der Waals surface area contributed by atoms with Crippen molar-refractivity contribution < 1.29 is 4.79 Å². The average Bonchev–Trinajstić information content (AvgIpc) is 2.68. The Hall–Kier alpha value is -2.40. The Morgan fingerprint density at radius 2 is 1.92 bits per heavy atom. The molecule has 1 aromatic carbocycles. The summed E-state index contributed by atoms with van der Waals surface area (Å²) in [4.78, 5) is 19.0. The van der Waals surface area contributed by atoms with Gasteiger partial charge < -0.3 is 16.0 Å². The van der Waals surface area contributed by atoms with Crippen LogP contribution in [0, 0.1) is 0 Å². The number of nitrogens with two attached hydrogens (primary N) is 1. The van der Waals surface area contributed by atoms with Gasteiger partial charge in [-0.25, -0.2) is 4.98 Å². The van der Waals surface area contributed by atoms with Crippen LogP contribution in [0.5, 0.6) is 0 Å². The molecule has 5 nitrogen and oxygen atoms in total. The number of nitrogens with one attached hydrogen (secondary N) is 1. The lowest BCUT2D eigenvalue weighted by molar-refractivity contribution is -0.121. The smallest absolute Gasteiger partial charge is 0.222 e. The van der Waals surface area contributed by atoms with E-state index in [0.29, 0.717) is 6.54 Å². The molecule has 1 fully saturated rings. The highest BCUT2D eigenvalue weighted by Crippen LogP contribution is 2.18. The van der Waals surface area contributed by atoms with E-state index in [1.54, 1.807) is 0 Å². The van der Waals surface area contributed by atoms with Crippen molar-refractivity contribution in [1.82, 2.24) is 10.3 Å². The molecule has 1 aliphatic rings. The van der Waals surface area contributed by atoms with Gasteiger partial charge in [0, 0.05) is 38.3 Å². The Kier molecular flexibility index (Phi) is 6.01. The molecule has 2 heterocycles. The summed E-state index contributed by atoms with van der Waals surface area (Å²) in [6, 6.07) is 13.5. The van der Waals surface area contributed by atoms with Gasteiger partial charge in [-0.1, -0.05) is 30.3 Å². The number of benzene rings is 1. The molecule has 1 aromatic heterocycles. The largest absolute Gasteiger partial charge is 0.357 e. The van der Waals surface area contributed by atoms with Crippen molar-refractivity contribution in [3.63, 3.8) is 0 Å². The number of carbonyl (C=O) groups is 1. The topological polar surface area (TPSA) is 71.2 Å². The second-order valence-electron chi connectivity index (χ2n) is 6.57. The summed E-state index contributed by atoms with van der Waals surface area (Å²) >= 11 is 0. The summed E-state index contributed by atoms with van der Waals surface area (Å²) in [5.74, 6) is 0.972. The predicted octanol–water partition coefficient (Wildman–Crippen LogP) is 2.78. The molecule has 0 radical (unpaired) electrons. The second-order valence-corrected chi connectivity index (χ2v) is 6.57. The number of nitrogens with zero attached hydrogens (tertiary/aromatic N) is 2. The molecule has 0 bridgehead atoms. The molecule has 1 aliphatic heterocycles. The van der Waals surface area contributed by atoms with Crippen LogP contribution in [0.2, 0.25) is 0 Å². The fraction of sp³-hybridized carbons (Fsp3) is 0.400. The highest BCUT2D eigenvalue weighted by atomic mass is 16.1. The third-order valence-electron chi connectivity index (χ3n) is 4.61. The zero-order chi connectivity index (χ0) is 17.5. The first-order chi connectivity index (χ1) is 12.2. The number of rotatable bonds is 6. The van der Waals surface area contributed by atoms with Gasteiger partial charge in [0.05, 0.1) is 0 Å². The van der Waals surface area contributed by atoms with Crippen molar-refractivity contribution in [2.24, 2.45) is 5.73 Å². The number of anilines is 1.